The fourth-order valence-corrected chi connectivity index (χ4v) is 2.22. The first-order valence-corrected chi connectivity index (χ1v) is 6.79. The zero-order valence-electron chi connectivity index (χ0n) is 11.9. The number of nitrogens with one attached hydrogen (secondary N) is 1. The molecule has 0 bridgehead atoms. The maximum atomic E-state index is 7.57. The predicted molar refractivity (Wildman–Crippen MR) is 84.5 cm³/mol. The fourth-order valence-electron chi connectivity index (χ4n) is 1.99. The van der Waals surface area contributed by atoms with Crippen LogP contribution in [-0.4, -0.2) is 12.9 Å². The number of halogens is 1. The Morgan fingerprint density at radius 3 is 2.52 bits per heavy atom. The molecule has 0 saturated heterocycles. The van der Waals surface area contributed by atoms with Gasteiger partial charge in [0.15, 0.2) is 0 Å². The predicted octanol–water partition coefficient (Wildman–Crippen LogP) is 3.52. The van der Waals surface area contributed by atoms with E-state index in [9.17, 15) is 0 Å². The lowest BCUT2D eigenvalue weighted by Gasteiger charge is -2.12. The largest absolute Gasteiger partial charge is 0.496 e. The Morgan fingerprint density at radius 1 is 1.19 bits per heavy atom. The van der Waals surface area contributed by atoms with Gasteiger partial charge in [0.1, 0.15) is 23.9 Å². The second kappa shape index (κ2) is 6.50. The van der Waals surface area contributed by atoms with Crippen LogP contribution >= 0.6 is 11.6 Å². The van der Waals surface area contributed by atoms with Crippen molar-refractivity contribution in [1.82, 2.24) is 0 Å². The Kier molecular flexibility index (Phi) is 4.70. The van der Waals surface area contributed by atoms with Crippen molar-refractivity contribution in [2.75, 3.05) is 7.11 Å². The first-order chi connectivity index (χ1) is 10.0. The van der Waals surface area contributed by atoms with Gasteiger partial charge in [0.25, 0.3) is 0 Å². The third kappa shape index (κ3) is 3.67. The van der Waals surface area contributed by atoms with Gasteiger partial charge in [0.05, 0.1) is 12.7 Å². The Morgan fingerprint density at radius 2 is 1.90 bits per heavy atom. The number of nitrogen functional groups attached to an aromatic ring is 1. The molecule has 5 heteroatoms. The van der Waals surface area contributed by atoms with Crippen LogP contribution < -0.4 is 15.2 Å². The number of hydrogen-bond donors (Lipinski definition) is 2. The van der Waals surface area contributed by atoms with Crippen molar-refractivity contribution in [3.8, 4) is 11.5 Å². The molecule has 0 aliphatic rings. The van der Waals surface area contributed by atoms with Crippen LogP contribution in [0.2, 0.25) is 5.02 Å². The molecule has 21 heavy (non-hydrogen) atoms. The van der Waals surface area contributed by atoms with Crippen LogP contribution in [0.5, 0.6) is 11.5 Å². The number of nitrogens with two attached hydrogens (primary N) is 1. The normalized spacial score (nSPS) is 10.2. The van der Waals surface area contributed by atoms with E-state index in [0.717, 1.165) is 16.9 Å². The molecule has 0 fully saturated rings. The molecular formula is C16H17ClN2O2. The van der Waals surface area contributed by atoms with Gasteiger partial charge in [0, 0.05) is 5.02 Å². The van der Waals surface area contributed by atoms with Gasteiger partial charge in [-0.25, -0.2) is 0 Å². The number of hydrogen-bond acceptors (Lipinski definition) is 3. The number of rotatable bonds is 5. The molecule has 0 aliphatic carbocycles. The third-order valence-corrected chi connectivity index (χ3v) is 3.32. The highest BCUT2D eigenvalue weighted by molar-refractivity contribution is 6.30. The number of amidine groups is 1. The van der Waals surface area contributed by atoms with E-state index < -0.39 is 0 Å². The van der Waals surface area contributed by atoms with E-state index in [1.165, 1.54) is 0 Å². The average Bonchev–Trinajstić information content (AvgIpc) is 2.46. The Labute approximate surface area is 129 Å². The lowest BCUT2D eigenvalue weighted by molar-refractivity contribution is 0.304. The van der Waals surface area contributed by atoms with Gasteiger partial charge in [-0.1, -0.05) is 17.7 Å². The highest BCUT2D eigenvalue weighted by Crippen LogP contribution is 2.24. The number of methoxy groups -OCH3 is 1. The molecule has 0 heterocycles. The molecule has 0 atom stereocenters. The van der Waals surface area contributed by atoms with Gasteiger partial charge in [-0.2, -0.15) is 0 Å². The third-order valence-electron chi connectivity index (χ3n) is 3.09. The Hall–Kier alpha value is -2.20. The van der Waals surface area contributed by atoms with Crippen molar-refractivity contribution >= 4 is 17.4 Å². The average molecular weight is 305 g/mol. The topological polar surface area (TPSA) is 68.3 Å². The second-order valence-corrected chi connectivity index (χ2v) is 5.08. The van der Waals surface area contributed by atoms with Crippen molar-refractivity contribution in [2.45, 2.75) is 13.5 Å². The van der Waals surface area contributed by atoms with Crippen LogP contribution in [0, 0.1) is 12.3 Å². The minimum absolute atomic E-state index is 0.0311. The van der Waals surface area contributed by atoms with Gasteiger partial charge >= 0.3 is 0 Å². The first kappa shape index (κ1) is 15.2. The van der Waals surface area contributed by atoms with Crippen molar-refractivity contribution < 1.29 is 9.47 Å². The molecule has 110 valence electrons. The summed E-state index contributed by atoms with van der Waals surface area (Å²) in [6, 6.07) is 10.9. The van der Waals surface area contributed by atoms with Gasteiger partial charge in [0.2, 0.25) is 0 Å². The number of aryl methyl sites for hydroxylation is 1. The summed E-state index contributed by atoms with van der Waals surface area (Å²) in [5.41, 5.74) is 8.00. The van der Waals surface area contributed by atoms with Crippen LogP contribution in [0.1, 0.15) is 16.7 Å². The highest BCUT2D eigenvalue weighted by atomic mass is 35.5. The first-order valence-electron chi connectivity index (χ1n) is 6.41. The second-order valence-electron chi connectivity index (χ2n) is 4.65. The van der Waals surface area contributed by atoms with E-state index in [-0.39, 0.29) is 5.84 Å². The van der Waals surface area contributed by atoms with E-state index in [1.54, 1.807) is 25.3 Å². The van der Waals surface area contributed by atoms with Gasteiger partial charge in [-0.05, 0) is 48.4 Å². The van der Waals surface area contributed by atoms with Crippen LogP contribution in [0.4, 0.5) is 0 Å². The molecule has 3 N–H and O–H groups in total. The monoisotopic (exact) mass is 304 g/mol. The molecule has 4 nitrogen and oxygen atoms in total. The van der Waals surface area contributed by atoms with E-state index in [1.807, 2.05) is 25.1 Å². The molecule has 0 spiro atoms. The van der Waals surface area contributed by atoms with Crippen LogP contribution in [-0.2, 0) is 6.61 Å². The van der Waals surface area contributed by atoms with Crippen LogP contribution in [0.15, 0.2) is 36.4 Å². The van der Waals surface area contributed by atoms with Crippen molar-refractivity contribution in [2.24, 2.45) is 5.73 Å². The van der Waals surface area contributed by atoms with E-state index in [0.29, 0.717) is 22.9 Å². The summed E-state index contributed by atoms with van der Waals surface area (Å²) in [4.78, 5) is 0. The van der Waals surface area contributed by atoms with Crippen LogP contribution in [0.3, 0.4) is 0 Å². The molecule has 2 aromatic carbocycles. The van der Waals surface area contributed by atoms with E-state index in [4.69, 9.17) is 32.2 Å². The molecule has 0 amide bonds. The highest BCUT2D eigenvalue weighted by Gasteiger charge is 2.08. The summed E-state index contributed by atoms with van der Waals surface area (Å²) in [6.07, 6.45) is 0. The van der Waals surface area contributed by atoms with Gasteiger partial charge in [-0.3, -0.25) is 5.41 Å². The maximum Gasteiger partial charge on any atom is 0.129 e. The molecular weight excluding hydrogens is 288 g/mol. The lowest BCUT2D eigenvalue weighted by atomic mass is 10.1. The number of benzene rings is 2. The van der Waals surface area contributed by atoms with Gasteiger partial charge < -0.3 is 15.2 Å². The minimum Gasteiger partial charge on any atom is -0.496 e. The lowest BCUT2D eigenvalue weighted by Crippen LogP contribution is -2.13. The molecule has 0 saturated carbocycles. The number of ether oxygens (including phenoxy) is 2. The van der Waals surface area contributed by atoms with Crippen molar-refractivity contribution in [3.05, 3.63) is 58.1 Å². The Balaban J connectivity index is 2.16. The Bertz CT molecular complexity index is 671. The summed E-state index contributed by atoms with van der Waals surface area (Å²) in [5.74, 6) is 1.32. The zero-order valence-corrected chi connectivity index (χ0v) is 12.7. The SMILES string of the molecule is COc1ccc(COc2ccc(Cl)cc2C)cc1C(=N)N. The van der Waals surface area contributed by atoms with E-state index in [2.05, 4.69) is 0 Å². The van der Waals surface area contributed by atoms with Gasteiger partial charge in [-0.15, -0.1) is 0 Å². The van der Waals surface area contributed by atoms with Crippen molar-refractivity contribution in [3.63, 3.8) is 0 Å². The summed E-state index contributed by atoms with van der Waals surface area (Å²) in [5, 5.41) is 8.26. The molecule has 0 unspecified atom stereocenters. The smallest absolute Gasteiger partial charge is 0.129 e. The van der Waals surface area contributed by atoms with Crippen molar-refractivity contribution in [1.29, 1.82) is 5.41 Å². The standard InChI is InChI=1S/C16H17ClN2O2/c1-10-7-12(17)4-6-14(10)21-9-11-3-5-15(20-2)13(8-11)16(18)19/h3-8H,9H2,1-2H3,(H3,18,19). The molecule has 0 aromatic heterocycles. The minimum atomic E-state index is -0.0311. The fraction of sp³-hybridized carbons (Fsp3) is 0.188. The molecule has 0 radical (unpaired) electrons. The summed E-state index contributed by atoms with van der Waals surface area (Å²) >= 11 is 5.92. The summed E-state index contributed by atoms with van der Waals surface area (Å²) in [6.45, 7) is 2.32. The summed E-state index contributed by atoms with van der Waals surface area (Å²) in [7, 11) is 1.55. The summed E-state index contributed by atoms with van der Waals surface area (Å²) < 4.78 is 11.0. The molecule has 0 aliphatic heterocycles. The quantitative estimate of drug-likeness (QED) is 0.656. The maximum absolute atomic E-state index is 7.57. The van der Waals surface area contributed by atoms with E-state index >= 15 is 0 Å². The van der Waals surface area contributed by atoms with Crippen LogP contribution in [0.25, 0.3) is 0 Å². The molecule has 2 rings (SSSR count). The molecule has 2 aromatic rings. The zero-order chi connectivity index (χ0) is 15.4.